The number of hydrogen-bond donors (Lipinski definition) is 1. The average molecular weight is 333 g/mol. The van der Waals surface area contributed by atoms with E-state index in [1.54, 1.807) is 4.57 Å². The van der Waals surface area contributed by atoms with Crippen molar-refractivity contribution in [1.29, 1.82) is 0 Å². The van der Waals surface area contributed by atoms with E-state index < -0.39 is 14.6 Å². The van der Waals surface area contributed by atoms with Gasteiger partial charge in [0.25, 0.3) is 15.0 Å². The molecule has 1 saturated heterocycles. The van der Waals surface area contributed by atoms with Gasteiger partial charge in [-0.25, -0.2) is 8.42 Å². The predicted octanol–water partition coefficient (Wildman–Crippen LogP) is 1.66. The Morgan fingerprint density at radius 2 is 2.24 bits per heavy atom. The van der Waals surface area contributed by atoms with Crippen molar-refractivity contribution in [1.82, 2.24) is 9.88 Å². The van der Waals surface area contributed by atoms with Crippen LogP contribution in [0.3, 0.4) is 0 Å². The Labute approximate surface area is 127 Å². The smallest absolute Gasteiger partial charge is 0.268 e. The maximum atomic E-state index is 12.5. The van der Waals surface area contributed by atoms with Crippen molar-refractivity contribution in [3.8, 4) is 0 Å². The SMILES string of the molecule is CC1(NC(=O)c2cc(S(=O)(=O)Cl)cn2C2CC2)CCOC1. The largest absolute Gasteiger partial charge is 0.379 e. The molecule has 2 fully saturated rings. The lowest BCUT2D eigenvalue weighted by Gasteiger charge is -2.23. The van der Waals surface area contributed by atoms with E-state index in [0.29, 0.717) is 18.9 Å². The summed E-state index contributed by atoms with van der Waals surface area (Å²) >= 11 is 0. The van der Waals surface area contributed by atoms with E-state index in [9.17, 15) is 13.2 Å². The molecule has 0 spiro atoms. The van der Waals surface area contributed by atoms with Crippen LogP contribution in [0.5, 0.6) is 0 Å². The summed E-state index contributed by atoms with van der Waals surface area (Å²) in [5, 5.41) is 2.94. The molecule has 1 amide bonds. The zero-order valence-electron chi connectivity index (χ0n) is 11.6. The number of aromatic nitrogens is 1. The number of nitrogens with zero attached hydrogens (tertiary/aromatic N) is 1. The van der Waals surface area contributed by atoms with Gasteiger partial charge in [0.15, 0.2) is 0 Å². The normalized spacial score (nSPS) is 26.0. The minimum Gasteiger partial charge on any atom is -0.379 e. The van der Waals surface area contributed by atoms with Gasteiger partial charge in [0.05, 0.1) is 12.1 Å². The van der Waals surface area contributed by atoms with Crippen molar-refractivity contribution in [2.45, 2.75) is 42.7 Å². The average Bonchev–Trinajstić information content (AvgIpc) is 2.96. The monoisotopic (exact) mass is 332 g/mol. The summed E-state index contributed by atoms with van der Waals surface area (Å²) < 4.78 is 30.0. The molecule has 2 aliphatic rings. The summed E-state index contributed by atoms with van der Waals surface area (Å²) in [4.78, 5) is 12.4. The van der Waals surface area contributed by atoms with Gasteiger partial charge in [-0.15, -0.1) is 0 Å². The highest BCUT2D eigenvalue weighted by molar-refractivity contribution is 8.13. The molecule has 2 heterocycles. The predicted molar refractivity (Wildman–Crippen MR) is 77.0 cm³/mol. The number of ether oxygens (including phenoxy) is 1. The first-order chi connectivity index (χ1) is 9.78. The first-order valence-corrected chi connectivity index (χ1v) is 9.16. The molecule has 3 rings (SSSR count). The van der Waals surface area contributed by atoms with E-state index in [-0.39, 0.29) is 16.8 Å². The zero-order valence-corrected chi connectivity index (χ0v) is 13.2. The highest BCUT2D eigenvalue weighted by Crippen LogP contribution is 2.37. The molecule has 1 unspecified atom stereocenters. The molecule has 1 N–H and O–H groups in total. The van der Waals surface area contributed by atoms with Gasteiger partial charge in [-0.3, -0.25) is 4.79 Å². The minimum atomic E-state index is -3.84. The molecule has 1 saturated carbocycles. The zero-order chi connectivity index (χ0) is 15.3. The fourth-order valence-corrected chi connectivity index (χ4v) is 3.27. The Morgan fingerprint density at radius 1 is 1.52 bits per heavy atom. The van der Waals surface area contributed by atoms with E-state index in [0.717, 1.165) is 19.3 Å². The summed E-state index contributed by atoms with van der Waals surface area (Å²) in [5.41, 5.74) is -0.0692. The molecular weight excluding hydrogens is 316 g/mol. The molecule has 8 heteroatoms. The van der Waals surface area contributed by atoms with E-state index in [1.807, 2.05) is 6.92 Å². The highest BCUT2D eigenvalue weighted by atomic mass is 35.7. The van der Waals surface area contributed by atoms with Gasteiger partial charge in [-0.05, 0) is 32.3 Å². The number of rotatable bonds is 4. The van der Waals surface area contributed by atoms with Crippen LogP contribution in [0.15, 0.2) is 17.2 Å². The van der Waals surface area contributed by atoms with Crippen LogP contribution in [-0.2, 0) is 13.8 Å². The molecule has 0 aromatic carbocycles. The lowest BCUT2D eigenvalue weighted by molar-refractivity contribution is 0.0880. The maximum Gasteiger partial charge on any atom is 0.268 e. The first-order valence-electron chi connectivity index (χ1n) is 6.85. The van der Waals surface area contributed by atoms with E-state index >= 15 is 0 Å². The minimum absolute atomic E-state index is 0.0333. The molecule has 1 atom stereocenters. The van der Waals surface area contributed by atoms with Crippen molar-refractivity contribution in [3.05, 3.63) is 18.0 Å². The number of amides is 1. The molecule has 116 valence electrons. The number of halogens is 1. The number of nitrogens with one attached hydrogen (secondary N) is 1. The van der Waals surface area contributed by atoms with Crippen molar-refractivity contribution >= 4 is 25.6 Å². The lowest BCUT2D eigenvalue weighted by atomic mass is 10.0. The van der Waals surface area contributed by atoms with Crippen LogP contribution in [0.4, 0.5) is 0 Å². The van der Waals surface area contributed by atoms with Crippen molar-refractivity contribution in [2.75, 3.05) is 13.2 Å². The van der Waals surface area contributed by atoms with Crippen LogP contribution >= 0.6 is 10.7 Å². The van der Waals surface area contributed by atoms with Gasteiger partial charge < -0.3 is 14.6 Å². The third-order valence-corrected chi connectivity index (χ3v) is 5.23. The third kappa shape index (κ3) is 3.09. The Balaban J connectivity index is 1.89. The van der Waals surface area contributed by atoms with Gasteiger partial charge in [0, 0.05) is 29.5 Å². The standard InChI is InChI=1S/C13H17ClN2O4S/c1-13(4-5-20-8-13)15-12(17)11-6-10(21(14,18)19)7-16(11)9-2-3-9/h6-7,9H,2-5,8H2,1H3,(H,15,17). The second kappa shape index (κ2) is 5.00. The molecule has 21 heavy (non-hydrogen) atoms. The maximum absolute atomic E-state index is 12.5. The molecule has 1 aromatic heterocycles. The summed E-state index contributed by atoms with van der Waals surface area (Å²) in [6.07, 6.45) is 4.07. The van der Waals surface area contributed by atoms with E-state index in [4.69, 9.17) is 15.4 Å². The fraction of sp³-hybridized carbons (Fsp3) is 0.615. The van der Waals surface area contributed by atoms with Crippen LogP contribution in [0, 0.1) is 0 Å². The third-order valence-electron chi connectivity index (χ3n) is 3.91. The van der Waals surface area contributed by atoms with Crippen LogP contribution in [0.1, 0.15) is 42.7 Å². The number of carbonyl (C=O) groups excluding carboxylic acids is 1. The second-order valence-electron chi connectivity index (χ2n) is 5.95. The van der Waals surface area contributed by atoms with Crippen molar-refractivity contribution in [3.63, 3.8) is 0 Å². The fourth-order valence-electron chi connectivity index (χ4n) is 2.53. The second-order valence-corrected chi connectivity index (χ2v) is 8.52. The topological polar surface area (TPSA) is 77.4 Å². The quantitative estimate of drug-likeness (QED) is 0.851. The molecular formula is C13H17ClN2O4S. The van der Waals surface area contributed by atoms with Crippen molar-refractivity contribution < 1.29 is 17.9 Å². The Kier molecular flexibility index (Phi) is 3.54. The summed E-state index contributed by atoms with van der Waals surface area (Å²) in [7, 11) is 1.54. The van der Waals surface area contributed by atoms with Crippen LogP contribution < -0.4 is 5.32 Å². The van der Waals surface area contributed by atoms with Gasteiger partial charge in [-0.1, -0.05) is 0 Å². The van der Waals surface area contributed by atoms with Crippen molar-refractivity contribution in [2.24, 2.45) is 0 Å². The molecule has 6 nitrogen and oxygen atoms in total. The van der Waals surface area contributed by atoms with E-state index in [2.05, 4.69) is 5.32 Å². The Hall–Kier alpha value is -1.05. The molecule has 1 aliphatic carbocycles. The lowest BCUT2D eigenvalue weighted by Crippen LogP contribution is -2.46. The summed E-state index contributed by atoms with van der Waals surface area (Å²) in [6.45, 7) is 2.99. The van der Waals surface area contributed by atoms with Crippen LogP contribution in [0.2, 0.25) is 0 Å². The summed E-state index contributed by atoms with van der Waals surface area (Å²) in [6, 6.07) is 1.53. The summed E-state index contributed by atoms with van der Waals surface area (Å²) in [5.74, 6) is -0.290. The highest BCUT2D eigenvalue weighted by Gasteiger charge is 2.35. The number of carbonyl (C=O) groups is 1. The van der Waals surface area contributed by atoms with Crippen LogP contribution in [-0.4, -0.2) is 37.6 Å². The molecule has 0 radical (unpaired) electrons. The Bertz CT molecular complexity index is 672. The molecule has 1 aromatic rings. The van der Waals surface area contributed by atoms with E-state index in [1.165, 1.54) is 12.3 Å². The number of hydrogen-bond acceptors (Lipinski definition) is 4. The van der Waals surface area contributed by atoms with Gasteiger partial charge in [0.1, 0.15) is 10.6 Å². The first kappa shape index (κ1) is 14.9. The Morgan fingerprint density at radius 3 is 2.76 bits per heavy atom. The molecule has 1 aliphatic heterocycles. The molecule has 0 bridgehead atoms. The van der Waals surface area contributed by atoms with Gasteiger partial charge in [0.2, 0.25) is 0 Å². The van der Waals surface area contributed by atoms with Crippen LogP contribution in [0.25, 0.3) is 0 Å². The van der Waals surface area contributed by atoms with Gasteiger partial charge in [-0.2, -0.15) is 0 Å². The van der Waals surface area contributed by atoms with Gasteiger partial charge >= 0.3 is 0 Å².